The van der Waals surface area contributed by atoms with Crippen LogP contribution in [0.5, 0.6) is 0 Å². The van der Waals surface area contributed by atoms with Gasteiger partial charge in [0.1, 0.15) is 11.7 Å². The smallest absolute Gasteiger partial charge is 0.270 e. The van der Waals surface area contributed by atoms with E-state index in [9.17, 15) is 23.2 Å². The summed E-state index contributed by atoms with van der Waals surface area (Å²) >= 11 is 0. The van der Waals surface area contributed by atoms with E-state index in [4.69, 9.17) is 0 Å². The Kier molecular flexibility index (Phi) is 8.16. The molecular formula is C27H37F2N5O3. The molecule has 1 saturated carbocycles. The van der Waals surface area contributed by atoms with Crippen LogP contribution in [-0.4, -0.2) is 76.9 Å². The molecular weight excluding hydrogens is 480 g/mol. The molecule has 1 saturated heterocycles. The number of piperazine rings is 1. The Morgan fingerprint density at radius 3 is 2.35 bits per heavy atom. The first-order valence-corrected chi connectivity index (χ1v) is 13.1. The second kappa shape index (κ2) is 11.2. The molecule has 2 unspecified atom stereocenters. The number of rotatable bonds is 6. The summed E-state index contributed by atoms with van der Waals surface area (Å²) in [5.41, 5.74) is 0.770. The number of fused-ring (bicyclic) bond motifs is 1. The van der Waals surface area contributed by atoms with Gasteiger partial charge in [-0.05, 0) is 51.8 Å². The maximum absolute atomic E-state index is 13.8. The number of aromatic nitrogens is 1. The summed E-state index contributed by atoms with van der Waals surface area (Å²) in [5, 5.41) is 6.39. The van der Waals surface area contributed by atoms with Crippen LogP contribution < -0.4 is 10.6 Å². The summed E-state index contributed by atoms with van der Waals surface area (Å²) in [7, 11) is 3.36. The second-order valence-corrected chi connectivity index (χ2v) is 10.4. The Balaban J connectivity index is 1.49. The summed E-state index contributed by atoms with van der Waals surface area (Å²) in [4.78, 5) is 43.3. The van der Waals surface area contributed by atoms with Crippen molar-refractivity contribution < 1.29 is 23.2 Å². The quantitative estimate of drug-likeness (QED) is 0.617. The molecule has 2 N–H and O–H groups in total. The van der Waals surface area contributed by atoms with E-state index >= 15 is 0 Å². The van der Waals surface area contributed by atoms with E-state index in [0.29, 0.717) is 36.2 Å². The van der Waals surface area contributed by atoms with Crippen molar-refractivity contribution in [2.75, 3.05) is 26.7 Å². The van der Waals surface area contributed by atoms with Crippen LogP contribution in [0.25, 0.3) is 10.9 Å². The van der Waals surface area contributed by atoms with Crippen LogP contribution in [0.3, 0.4) is 0 Å². The van der Waals surface area contributed by atoms with E-state index in [-0.39, 0.29) is 29.7 Å². The number of nitrogens with one attached hydrogen (secondary N) is 2. The molecule has 1 aromatic heterocycles. The predicted octanol–water partition coefficient (Wildman–Crippen LogP) is 2.80. The highest BCUT2D eigenvalue weighted by molar-refractivity contribution is 5.99. The second-order valence-electron chi connectivity index (χ2n) is 10.4. The van der Waals surface area contributed by atoms with Crippen LogP contribution in [-0.2, 0) is 16.6 Å². The Morgan fingerprint density at radius 2 is 1.70 bits per heavy atom. The number of benzene rings is 1. The minimum Gasteiger partial charge on any atom is -0.343 e. The SMILES string of the molecule is CNC(C)C(=O)NC(C(=O)N1CCN(C(=O)c2cc3cc(F)c(F)cc3n2C)C[C@H]1C)C1CCCCC1. The zero-order chi connectivity index (χ0) is 26.9. The Bertz CT molecular complexity index is 1180. The minimum absolute atomic E-state index is 0.0951. The van der Waals surface area contributed by atoms with Crippen molar-refractivity contribution in [1.82, 2.24) is 25.0 Å². The Labute approximate surface area is 216 Å². The average Bonchev–Trinajstić information content (AvgIpc) is 3.21. The van der Waals surface area contributed by atoms with Gasteiger partial charge in [-0.2, -0.15) is 0 Å². The van der Waals surface area contributed by atoms with Crippen molar-refractivity contribution in [3.63, 3.8) is 0 Å². The van der Waals surface area contributed by atoms with Gasteiger partial charge in [0.2, 0.25) is 11.8 Å². The largest absolute Gasteiger partial charge is 0.343 e. The first-order valence-electron chi connectivity index (χ1n) is 13.1. The predicted molar refractivity (Wildman–Crippen MR) is 137 cm³/mol. The number of hydrogen-bond acceptors (Lipinski definition) is 4. The van der Waals surface area contributed by atoms with Gasteiger partial charge >= 0.3 is 0 Å². The van der Waals surface area contributed by atoms with Gasteiger partial charge in [0, 0.05) is 44.2 Å². The van der Waals surface area contributed by atoms with Crippen molar-refractivity contribution in [3.8, 4) is 0 Å². The van der Waals surface area contributed by atoms with Crippen LogP contribution >= 0.6 is 0 Å². The van der Waals surface area contributed by atoms with E-state index in [1.807, 2.05) is 6.92 Å². The van der Waals surface area contributed by atoms with Crippen LogP contribution in [0, 0.1) is 17.6 Å². The first kappa shape index (κ1) is 27.0. The molecule has 202 valence electrons. The van der Waals surface area contributed by atoms with E-state index in [1.54, 1.807) is 41.5 Å². The Hall–Kier alpha value is -3.01. The van der Waals surface area contributed by atoms with Crippen molar-refractivity contribution in [2.24, 2.45) is 13.0 Å². The lowest BCUT2D eigenvalue weighted by molar-refractivity contribution is -0.142. The molecule has 3 amide bonds. The molecule has 0 spiro atoms. The monoisotopic (exact) mass is 517 g/mol. The van der Waals surface area contributed by atoms with Gasteiger partial charge in [-0.3, -0.25) is 14.4 Å². The highest BCUT2D eigenvalue weighted by Gasteiger charge is 2.38. The maximum Gasteiger partial charge on any atom is 0.270 e. The van der Waals surface area contributed by atoms with Crippen molar-refractivity contribution >= 4 is 28.6 Å². The third kappa shape index (κ3) is 5.49. The molecule has 37 heavy (non-hydrogen) atoms. The fourth-order valence-corrected chi connectivity index (χ4v) is 5.61. The van der Waals surface area contributed by atoms with E-state index in [2.05, 4.69) is 10.6 Å². The van der Waals surface area contributed by atoms with Gasteiger partial charge in [0.05, 0.1) is 11.6 Å². The molecule has 2 heterocycles. The zero-order valence-corrected chi connectivity index (χ0v) is 22.0. The molecule has 1 aliphatic carbocycles. The highest BCUT2D eigenvalue weighted by Crippen LogP contribution is 2.29. The summed E-state index contributed by atoms with van der Waals surface area (Å²) in [5.74, 6) is -2.37. The average molecular weight is 518 g/mol. The molecule has 0 radical (unpaired) electrons. The number of amides is 3. The molecule has 0 bridgehead atoms. The third-order valence-corrected chi connectivity index (χ3v) is 8.01. The van der Waals surface area contributed by atoms with Crippen LogP contribution in [0.2, 0.25) is 0 Å². The lowest BCUT2D eigenvalue weighted by Crippen LogP contribution is -2.62. The van der Waals surface area contributed by atoms with Gasteiger partial charge in [-0.15, -0.1) is 0 Å². The summed E-state index contributed by atoms with van der Waals surface area (Å²) in [6, 6.07) is 2.51. The lowest BCUT2D eigenvalue weighted by Gasteiger charge is -2.43. The molecule has 10 heteroatoms. The molecule has 8 nitrogen and oxygen atoms in total. The van der Waals surface area contributed by atoms with Crippen molar-refractivity contribution in [1.29, 1.82) is 0 Å². The van der Waals surface area contributed by atoms with Crippen LogP contribution in [0.4, 0.5) is 8.78 Å². The van der Waals surface area contributed by atoms with Gasteiger partial charge in [-0.25, -0.2) is 8.78 Å². The van der Waals surface area contributed by atoms with E-state index < -0.39 is 23.7 Å². The summed E-state index contributed by atoms with van der Waals surface area (Å²) in [6.45, 7) is 4.67. The van der Waals surface area contributed by atoms with Gasteiger partial charge < -0.3 is 25.0 Å². The molecule has 2 aliphatic rings. The van der Waals surface area contributed by atoms with Gasteiger partial charge in [0.15, 0.2) is 11.6 Å². The third-order valence-electron chi connectivity index (χ3n) is 8.01. The summed E-state index contributed by atoms with van der Waals surface area (Å²) < 4.78 is 29.0. The van der Waals surface area contributed by atoms with Crippen LogP contribution in [0.1, 0.15) is 56.4 Å². The number of carbonyl (C=O) groups is 3. The molecule has 2 fully saturated rings. The molecule has 2 aromatic rings. The number of hydrogen-bond donors (Lipinski definition) is 2. The van der Waals surface area contributed by atoms with Crippen molar-refractivity contribution in [2.45, 2.75) is 64.1 Å². The maximum atomic E-state index is 13.8. The number of nitrogens with zero attached hydrogens (tertiary/aromatic N) is 3. The summed E-state index contributed by atoms with van der Waals surface area (Å²) in [6.07, 6.45) is 5.04. The standard InChI is InChI=1S/C27H37F2N5O3/c1-16-15-33(26(36)23-13-19-12-20(28)21(29)14-22(19)32(23)4)10-11-34(16)27(37)24(18-8-6-5-7-9-18)31-25(35)17(2)30-3/h12-14,16-18,24,30H,5-11,15H2,1-4H3,(H,31,35)/t16-,17?,24?/m1/s1. The minimum atomic E-state index is -0.961. The fraction of sp³-hybridized carbons (Fsp3) is 0.593. The normalized spacial score (nSPS) is 20.6. The van der Waals surface area contributed by atoms with E-state index in [0.717, 1.165) is 44.2 Å². The zero-order valence-electron chi connectivity index (χ0n) is 22.0. The topological polar surface area (TPSA) is 86.7 Å². The van der Waals surface area contributed by atoms with Crippen LogP contribution in [0.15, 0.2) is 18.2 Å². The van der Waals surface area contributed by atoms with Crippen molar-refractivity contribution in [3.05, 3.63) is 35.5 Å². The molecule has 1 aromatic carbocycles. The molecule has 3 atom stereocenters. The lowest BCUT2D eigenvalue weighted by atomic mass is 9.83. The van der Waals surface area contributed by atoms with Gasteiger partial charge in [0.25, 0.3) is 5.91 Å². The number of aryl methyl sites for hydroxylation is 1. The highest BCUT2D eigenvalue weighted by atomic mass is 19.2. The number of carbonyl (C=O) groups excluding carboxylic acids is 3. The molecule has 4 rings (SSSR count). The fourth-order valence-electron chi connectivity index (χ4n) is 5.61. The van der Waals surface area contributed by atoms with E-state index in [1.165, 1.54) is 0 Å². The molecule has 1 aliphatic heterocycles. The number of likely N-dealkylation sites (N-methyl/N-ethyl adjacent to an activating group) is 1. The number of halogens is 2. The van der Waals surface area contributed by atoms with Gasteiger partial charge in [-0.1, -0.05) is 19.3 Å². The first-order chi connectivity index (χ1) is 17.6. The Morgan fingerprint density at radius 1 is 1.03 bits per heavy atom.